The summed E-state index contributed by atoms with van der Waals surface area (Å²) in [4.78, 5) is 10.5. The SMILES string of the molecule is Nc1c(NCCN2CCCCC2)ncnc1Nc1ccccc1C(F)(F)F. The Labute approximate surface area is 156 Å². The molecule has 27 heavy (non-hydrogen) atoms. The predicted octanol–water partition coefficient (Wildman–Crippen LogP) is 3.72. The van der Waals surface area contributed by atoms with Crippen molar-refractivity contribution in [2.45, 2.75) is 25.4 Å². The molecular weight excluding hydrogens is 357 g/mol. The minimum atomic E-state index is -4.47. The van der Waals surface area contributed by atoms with Crippen LogP contribution in [0.4, 0.5) is 36.2 Å². The Hall–Kier alpha value is -2.55. The molecule has 0 aliphatic carbocycles. The Bertz CT molecular complexity index is 759. The smallest absolute Gasteiger partial charge is 0.393 e. The third-order valence-electron chi connectivity index (χ3n) is 4.54. The van der Waals surface area contributed by atoms with Crippen molar-refractivity contribution < 1.29 is 13.2 Å². The van der Waals surface area contributed by atoms with Gasteiger partial charge in [-0.05, 0) is 38.1 Å². The molecule has 0 unspecified atom stereocenters. The number of nitrogens with zero attached hydrogens (tertiary/aromatic N) is 3. The Morgan fingerprint density at radius 2 is 1.74 bits per heavy atom. The first-order chi connectivity index (χ1) is 12.9. The second-order valence-electron chi connectivity index (χ2n) is 6.48. The molecule has 0 radical (unpaired) electrons. The van der Waals surface area contributed by atoms with E-state index >= 15 is 0 Å². The number of alkyl halides is 3. The van der Waals surface area contributed by atoms with Gasteiger partial charge in [-0.25, -0.2) is 9.97 Å². The molecule has 0 bridgehead atoms. The Balaban J connectivity index is 1.68. The first kappa shape index (κ1) is 19.2. The molecule has 9 heteroatoms. The standard InChI is InChI=1S/C18H23F3N6/c19-18(20,21)13-6-2-3-7-14(13)26-17-15(22)16(24-12-25-17)23-8-11-27-9-4-1-5-10-27/h2-3,6-7,12H,1,4-5,8-11,22H2,(H2,23,24,25,26). The maximum absolute atomic E-state index is 13.2. The highest BCUT2D eigenvalue weighted by atomic mass is 19.4. The van der Waals surface area contributed by atoms with Gasteiger partial charge in [-0.1, -0.05) is 18.6 Å². The summed E-state index contributed by atoms with van der Waals surface area (Å²) in [5.74, 6) is 0.552. The fourth-order valence-corrected chi connectivity index (χ4v) is 3.12. The normalized spacial score (nSPS) is 15.5. The number of nitrogens with two attached hydrogens (primary N) is 1. The highest BCUT2D eigenvalue weighted by Gasteiger charge is 2.33. The molecule has 0 amide bonds. The van der Waals surface area contributed by atoms with Crippen LogP contribution in [0.2, 0.25) is 0 Å². The van der Waals surface area contributed by atoms with Crippen LogP contribution in [0.5, 0.6) is 0 Å². The zero-order valence-corrected chi connectivity index (χ0v) is 14.9. The minimum Gasteiger partial charge on any atom is -0.393 e. The van der Waals surface area contributed by atoms with Crippen LogP contribution in [0.3, 0.4) is 0 Å². The second-order valence-corrected chi connectivity index (χ2v) is 6.48. The van der Waals surface area contributed by atoms with E-state index < -0.39 is 11.7 Å². The number of halogens is 3. The van der Waals surface area contributed by atoms with Gasteiger partial charge in [-0.3, -0.25) is 0 Å². The number of nitrogens with one attached hydrogen (secondary N) is 2. The molecule has 1 aromatic heterocycles. The average molecular weight is 380 g/mol. The van der Waals surface area contributed by atoms with Crippen molar-refractivity contribution in [3.05, 3.63) is 36.2 Å². The zero-order valence-electron chi connectivity index (χ0n) is 14.9. The van der Waals surface area contributed by atoms with Crippen molar-refractivity contribution in [1.82, 2.24) is 14.9 Å². The van der Waals surface area contributed by atoms with E-state index in [1.54, 1.807) is 0 Å². The van der Waals surface area contributed by atoms with Gasteiger partial charge in [0.05, 0.1) is 11.3 Å². The molecule has 146 valence electrons. The maximum Gasteiger partial charge on any atom is 0.418 e. The molecule has 0 atom stereocenters. The number of nitrogen functional groups attached to an aromatic ring is 1. The lowest BCUT2D eigenvalue weighted by atomic mass is 10.1. The van der Waals surface area contributed by atoms with Crippen LogP contribution in [0.25, 0.3) is 0 Å². The van der Waals surface area contributed by atoms with E-state index in [0.29, 0.717) is 12.4 Å². The summed E-state index contributed by atoms with van der Waals surface area (Å²) in [6, 6.07) is 5.21. The molecule has 1 aliphatic rings. The summed E-state index contributed by atoms with van der Waals surface area (Å²) in [5.41, 5.74) is 5.38. The number of para-hydroxylation sites is 1. The molecule has 0 saturated carbocycles. The van der Waals surface area contributed by atoms with E-state index in [0.717, 1.165) is 25.7 Å². The van der Waals surface area contributed by atoms with Crippen molar-refractivity contribution in [3.63, 3.8) is 0 Å². The lowest BCUT2D eigenvalue weighted by molar-refractivity contribution is -0.136. The molecular formula is C18H23F3N6. The quantitative estimate of drug-likeness (QED) is 0.709. The number of rotatable bonds is 6. The highest BCUT2D eigenvalue weighted by molar-refractivity contribution is 5.78. The molecule has 6 nitrogen and oxygen atoms in total. The molecule has 2 heterocycles. The first-order valence-corrected chi connectivity index (χ1v) is 8.95. The second kappa shape index (κ2) is 8.43. The molecule has 2 aromatic rings. The van der Waals surface area contributed by atoms with Crippen LogP contribution in [0.1, 0.15) is 24.8 Å². The van der Waals surface area contributed by atoms with Gasteiger partial charge in [0.25, 0.3) is 0 Å². The van der Waals surface area contributed by atoms with Gasteiger partial charge in [-0.2, -0.15) is 13.2 Å². The van der Waals surface area contributed by atoms with Crippen LogP contribution in [-0.4, -0.2) is 41.0 Å². The third-order valence-corrected chi connectivity index (χ3v) is 4.54. The fourth-order valence-electron chi connectivity index (χ4n) is 3.12. The van der Waals surface area contributed by atoms with Gasteiger partial charge in [0.2, 0.25) is 0 Å². The van der Waals surface area contributed by atoms with Crippen LogP contribution in [-0.2, 0) is 6.18 Å². The molecule has 1 fully saturated rings. The number of benzene rings is 1. The van der Waals surface area contributed by atoms with Gasteiger partial charge >= 0.3 is 6.18 Å². The van der Waals surface area contributed by atoms with E-state index in [1.165, 1.54) is 43.8 Å². The van der Waals surface area contributed by atoms with E-state index in [4.69, 9.17) is 5.73 Å². The molecule has 4 N–H and O–H groups in total. The van der Waals surface area contributed by atoms with Gasteiger partial charge in [0.15, 0.2) is 11.6 Å². The average Bonchev–Trinajstić information content (AvgIpc) is 2.65. The van der Waals surface area contributed by atoms with Crippen molar-refractivity contribution >= 4 is 23.0 Å². The zero-order chi connectivity index (χ0) is 19.3. The molecule has 1 aromatic carbocycles. The minimum absolute atomic E-state index is 0.102. The number of aromatic nitrogens is 2. The van der Waals surface area contributed by atoms with E-state index in [9.17, 15) is 13.2 Å². The molecule has 3 rings (SSSR count). The Morgan fingerprint density at radius 3 is 2.48 bits per heavy atom. The lowest BCUT2D eigenvalue weighted by Gasteiger charge is -2.26. The summed E-state index contributed by atoms with van der Waals surface area (Å²) >= 11 is 0. The van der Waals surface area contributed by atoms with Gasteiger partial charge in [0, 0.05) is 13.1 Å². The van der Waals surface area contributed by atoms with E-state index in [-0.39, 0.29) is 17.2 Å². The maximum atomic E-state index is 13.2. The monoisotopic (exact) mass is 380 g/mol. The Kier molecular flexibility index (Phi) is 6.00. The highest BCUT2D eigenvalue weighted by Crippen LogP contribution is 2.36. The van der Waals surface area contributed by atoms with Crippen molar-refractivity contribution in [2.24, 2.45) is 0 Å². The third kappa shape index (κ3) is 5.00. The summed E-state index contributed by atoms with van der Waals surface area (Å²) in [7, 11) is 0. The Morgan fingerprint density at radius 1 is 1.04 bits per heavy atom. The van der Waals surface area contributed by atoms with Crippen molar-refractivity contribution in [1.29, 1.82) is 0 Å². The summed E-state index contributed by atoms with van der Waals surface area (Å²) in [6.07, 6.45) is 0.501. The van der Waals surface area contributed by atoms with E-state index in [1.807, 2.05) is 0 Å². The van der Waals surface area contributed by atoms with Gasteiger partial charge in [-0.15, -0.1) is 0 Å². The number of anilines is 4. The topological polar surface area (TPSA) is 79.1 Å². The van der Waals surface area contributed by atoms with E-state index in [2.05, 4.69) is 25.5 Å². The molecule has 0 spiro atoms. The number of piperidine rings is 1. The molecule has 1 aliphatic heterocycles. The fraction of sp³-hybridized carbons (Fsp3) is 0.444. The van der Waals surface area contributed by atoms with Crippen LogP contribution >= 0.6 is 0 Å². The number of hydrogen-bond acceptors (Lipinski definition) is 6. The predicted molar refractivity (Wildman–Crippen MR) is 100.0 cm³/mol. The summed E-state index contributed by atoms with van der Waals surface area (Å²) < 4.78 is 39.5. The van der Waals surface area contributed by atoms with Crippen LogP contribution in [0.15, 0.2) is 30.6 Å². The summed E-state index contributed by atoms with van der Waals surface area (Å²) in [6.45, 7) is 3.69. The van der Waals surface area contributed by atoms with Crippen LogP contribution in [0, 0.1) is 0 Å². The number of hydrogen-bond donors (Lipinski definition) is 3. The summed E-state index contributed by atoms with van der Waals surface area (Å²) in [5, 5.41) is 5.83. The van der Waals surface area contributed by atoms with Gasteiger partial charge < -0.3 is 21.3 Å². The largest absolute Gasteiger partial charge is 0.418 e. The number of likely N-dealkylation sites (tertiary alicyclic amines) is 1. The molecule has 1 saturated heterocycles. The van der Waals surface area contributed by atoms with Crippen molar-refractivity contribution in [3.8, 4) is 0 Å². The van der Waals surface area contributed by atoms with Crippen LogP contribution < -0.4 is 16.4 Å². The van der Waals surface area contributed by atoms with Gasteiger partial charge in [0.1, 0.15) is 12.0 Å². The lowest BCUT2D eigenvalue weighted by Crippen LogP contribution is -2.33. The van der Waals surface area contributed by atoms with Crippen molar-refractivity contribution in [2.75, 3.05) is 42.5 Å². The first-order valence-electron chi connectivity index (χ1n) is 8.95.